The maximum absolute atomic E-state index is 13.7. The first-order valence-corrected chi connectivity index (χ1v) is 15.0. The smallest absolute Gasteiger partial charge is 0.293 e. The van der Waals surface area contributed by atoms with E-state index in [2.05, 4.69) is 36.6 Å². The molecular formula is C32H41N7O2. The zero-order valence-electron chi connectivity index (χ0n) is 24.9. The second kappa shape index (κ2) is 10.9. The normalized spacial score (nSPS) is 20.3. The van der Waals surface area contributed by atoms with Crippen molar-refractivity contribution in [1.29, 1.82) is 0 Å². The van der Waals surface area contributed by atoms with Crippen molar-refractivity contribution in [1.82, 2.24) is 24.6 Å². The number of hydrogen-bond acceptors (Lipinski definition) is 6. The summed E-state index contributed by atoms with van der Waals surface area (Å²) < 4.78 is 1.79. The van der Waals surface area contributed by atoms with Crippen LogP contribution in [-0.4, -0.2) is 87.7 Å². The Hall–Kier alpha value is -3.72. The van der Waals surface area contributed by atoms with Gasteiger partial charge in [-0.15, -0.1) is 5.10 Å². The van der Waals surface area contributed by atoms with Gasteiger partial charge in [0.15, 0.2) is 5.82 Å². The molecule has 3 aliphatic rings. The van der Waals surface area contributed by atoms with Crippen molar-refractivity contribution in [2.75, 3.05) is 43.0 Å². The molecule has 0 spiro atoms. The number of anilines is 2. The van der Waals surface area contributed by atoms with Crippen LogP contribution in [0, 0.1) is 6.92 Å². The van der Waals surface area contributed by atoms with E-state index in [0.29, 0.717) is 31.0 Å². The number of carbonyl (C=O) groups is 2. The van der Waals surface area contributed by atoms with Gasteiger partial charge in [0.1, 0.15) is 6.04 Å². The Morgan fingerprint density at radius 3 is 2.29 bits per heavy atom. The highest BCUT2D eigenvalue weighted by atomic mass is 16.2. The summed E-state index contributed by atoms with van der Waals surface area (Å²) in [4.78, 5) is 40.1. The monoisotopic (exact) mass is 555 g/mol. The van der Waals surface area contributed by atoms with Gasteiger partial charge in [0, 0.05) is 50.9 Å². The second-order valence-electron chi connectivity index (χ2n) is 12.1. The van der Waals surface area contributed by atoms with Crippen molar-refractivity contribution in [3.63, 3.8) is 0 Å². The van der Waals surface area contributed by atoms with Crippen LogP contribution in [0.3, 0.4) is 0 Å². The van der Waals surface area contributed by atoms with E-state index in [1.165, 1.54) is 12.8 Å². The number of likely N-dealkylation sites (N-methyl/N-ethyl adjacent to an activating group) is 1. The molecule has 1 aromatic heterocycles. The third-order valence-electron chi connectivity index (χ3n) is 9.11. The molecule has 2 amide bonds. The first kappa shape index (κ1) is 27.4. The van der Waals surface area contributed by atoms with Crippen LogP contribution in [0.5, 0.6) is 0 Å². The van der Waals surface area contributed by atoms with Crippen LogP contribution in [0.15, 0.2) is 42.5 Å². The lowest BCUT2D eigenvalue weighted by Gasteiger charge is -2.43. The van der Waals surface area contributed by atoms with E-state index in [0.717, 1.165) is 54.1 Å². The molecule has 2 aromatic carbocycles. The van der Waals surface area contributed by atoms with Gasteiger partial charge in [-0.25, -0.2) is 9.67 Å². The SMILES string of the molecule is Cc1ccc(-n2nc(C(=O)N3CCN(C(C)C)CC3)nc2-c2ccc3c(c2)N(C2CCCC2)[C@H](C)C(=O)N3C)cc1. The molecule has 0 radical (unpaired) electrons. The van der Waals surface area contributed by atoms with Crippen molar-refractivity contribution < 1.29 is 9.59 Å². The number of amides is 2. The minimum Gasteiger partial charge on any atom is -0.355 e. The van der Waals surface area contributed by atoms with Crippen LogP contribution in [0.1, 0.15) is 62.6 Å². The number of rotatable bonds is 5. The van der Waals surface area contributed by atoms with Gasteiger partial charge in [-0.3, -0.25) is 14.5 Å². The number of aromatic nitrogens is 3. The fraction of sp³-hybridized carbons (Fsp3) is 0.500. The molecule has 6 rings (SSSR count). The molecule has 3 heterocycles. The summed E-state index contributed by atoms with van der Waals surface area (Å²) in [5.74, 6) is 0.819. The van der Waals surface area contributed by atoms with Crippen LogP contribution in [-0.2, 0) is 4.79 Å². The molecule has 1 aliphatic carbocycles. The number of fused-ring (bicyclic) bond motifs is 1. The molecule has 1 saturated heterocycles. The Morgan fingerprint density at radius 1 is 0.951 bits per heavy atom. The van der Waals surface area contributed by atoms with E-state index in [-0.39, 0.29) is 23.7 Å². The average molecular weight is 556 g/mol. The molecule has 9 nitrogen and oxygen atoms in total. The summed E-state index contributed by atoms with van der Waals surface area (Å²) >= 11 is 0. The van der Waals surface area contributed by atoms with Gasteiger partial charge in [0.25, 0.3) is 5.91 Å². The van der Waals surface area contributed by atoms with E-state index < -0.39 is 0 Å². The van der Waals surface area contributed by atoms with E-state index in [9.17, 15) is 9.59 Å². The molecule has 1 saturated carbocycles. The third-order valence-corrected chi connectivity index (χ3v) is 9.11. The second-order valence-corrected chi connectivity index (χ2v) is 12.1. The fourth-order valence-corrected chi connectivity index (χ4v) is 6.61. The van der Waals surface area contributed by atoms with Gasteiger partial charge in [-0.05, 0) is 70.9 Å². The minimum atomic E-state index is -0.234. The van der Waals surface area contributed by atoms with Gasteiger partial charge >= 0.3 is 0 Å². The zero-order valence-corrected chi connectivity index (χ0v) is 24.9. The van der Waals surface area contributed by atoms with Gasteiger partial charge in [0.2, 0.25) is 11.7 Å². The van der Waals surface area contributed by atoms with Crippen molar-refractivity contribution in [3.05, 3.63) is 53.9 Å². The molecule has 0 unspecified atom stereocenters. The summed E-state index contributed by atoms with van der Waals surface area (Å²) in [7, 11) is 1.86. The lowest BCUT2D eigenvalue weighted by atomic mass is 10.0. The molecule has 3 aromatic rings. The zero-order chi connectivity index (χ0) is 28.8. The van der Waals surface area contributed by atoms with Crippen molar-refractivity contribution in [2.45, 2.75) is 71.5 Å². The number of benzene rings is 2. The number of aryl methyl sites for hydroxylation is 1. The minimum absolute atomic E-state index is 0.116. The lowest BCUT2D eigenvalue weighted by molar-refractivity contribution is -0.119. The van der Waals surface area contributed by atoms with Crippen LogP contribution in [0.25, 0.3) is 17.1 Å². The summed E-state index contributed by atoms with van der Waals surface area (Å²) in [5, 5.41) is 4.79. The van der Waals surface area contributed by atoms with Crippen LogP contribution >= 0.6 is 0 Å². The molecule has 216 valence electrons. The fourth-order valence-electron chi connectivity index (χ4n) is 6.61. The summed E-state index contributed by atoms with van der Waals surface area (Å²) in [5.41, 5.74) is 4.83. The maximum Gasteiger partial charge on any atom is 0.293 e. The predicted octanol–water partition coefficient (Wildman–Crippen LogP) is 4.52. The van der Waals surface area contributed by atoms with Gasteiger partial charge in [-0.1, -0.05) is 30.5 Å². The molecule has 41 heavy (non-hydrogen) atoms. The molecule has 1 atom stereocenters. The highest BCUT2D eigenvalue weighted by Gasteiger charge is 2.38. The molecule has 2 fully saturated rings. The highest BCUT2D eigenvalue weighted by Crippen LogP contribution is 2.42. The Labute approximate surface area is 242 Å². The first-order valence-electron chi connectivity index (χ1n) is 15.0. The number of piperazine rings is 1. The summed E-state index contributed by atoms with van der Waals surface area (Å²) in [6.07, 6.45) is 4.55. The molecule has 0 bridgehead atoms. The Kier molecular flexibility index (Phi) is 7.32. The molecule has 0 N–H and O–H groups in total. The van der Waals surface area contributed by atoms with E-state index in [4.69, 9.17) is 10.1 Å². The summed E-state index contributed by atoms with van der Waals surface area (Å²) in [6.45, 7) is 11.5. The molecule has 9 heteroatoms. The van der Waals surface area contributed by atoms with Gasteiger partial charge in [0.05, 0.1) is 17.1 Å². The van der Waals surface area contributed by atoms with Crippen LogP contribution in [0.4, 0.5) is 11.4 Å². The number of nitrogens with zero attached hydrogens (tertiary/aromatic N) is 7. The third kappa shape index (κ3) is 5.01. The Bertz CT molecular complexity index is 1430. The van der Waals surface area contributed by atoms with Crippen LogP contribution in [0.2, 0.25) is 0 Å². The highest BCUT2D eigenvalue weighted by molar-refractivity contribution is 6.05. The van der Waals surface area contributed by atoms with Crippen molar-refractivity contribution in [2.24, 2.45) is 0 Å². The average Bonchev–Trinajstić information content (AvgIpc) is 3.67. The topological polar surface area (TPSA) is 77.8 Å². The number of hydrogen-bond donors (Lipinski definition) is 0. The molecule has 2 aliphatic heterocycles. The lowest BCUT2D eigenvalue weighted by Crippen LogP contribution is -2.54. The largest absolute Gasteiger partial charge is 0.355 e. The summed E-state index contributed by atoms with van der Waals surface area (Å²) in [6, 6.07) is 14.8. The Morgan fingerprint density at radius 2 is 1.63 bits per heavy atom. The van der Waals surface area contributed by atoms with E-state index in [1.807, 2.05) is 55.3 Å². The van der Waals surface area contributed by atoms with Gasteiger partial charge in [-0.2, -0.15) is 0 Å². The van der Waals surface area contributed by atoms with Crippen molar-refractivity contribution >= 4 is 23.2 Å². The Balaban J connectivity index is 1.41. The van der Waals surface area contributed by atoms with E-state index >= 15 is 0 Å². The number of carbonyl (C=O) groups excluding carboxylic acids is 2. The van der Waals surface area contributed by atoms with Crippen LogP contribution < -0.4 is 9.80 Å². The predicted molar refractivity (Wildman–Crippen MR) is 162 cm³/mol. The van der Waals surface area contributed by atoms with Gasteiger partial charge < -0.3 is 14.7 Å². The quantitative estimate of drug-likeness (QED) is 0.461. The first-order chi connectivity index (χ1) is 19.7. The van der Waals surface area contributed by atoms with E-state index in [1.54, 1.807) is 9.58 Å². The standard InChI is InChI=1S/C32H41N7O2/c1-21(2)36-16-18-37(19-17-36)32(41)29-33-30(39(34-29)26-13-10-22(3)11-14-26)24-12-15-27-28(20-24)38(25-8-6-7-9-25)23(4)31(40)35(27)5/h10-15,20-21,23,25H,6-9,16-19H2,1-5H3/t23-/m1/s1. The van der Waals surface area contributed by atoms with Crippen molar-refractivity contribution in [3.8, 4) is 17.1 Å². The molecular weight excluding hydrogens is 514 g/mol. The maximum atomic E-state index is 13.7.